The number of hydrogen-bond donors (Lipinski definition) is 0. The summed E-state index contributed by atoms with van der Waals surface area (Å²) in [6.45, 7) is 6.42. The van der Waals surface area contributed by atoms with Crippen molar-refractivity contribution in [2.75, 3.05) is 26.3 Å². The maximum atomic E-state index is 5.38. The van der Waals surface area contributed by atoms with Crippen LogP contribution in [0.5, 0.6) is 0 Å². The summed E-state index contributed by atoms with van der Waals surface area (Å²) >= 11 is 2.11. The molecule has 0 atom stereocenters. The molecule has 0 N–H and O–H groups in total. The second-order valence-corrected chi connectivity index (χ2v) is 6.47. The van der Waals surface area contributed by atoms with E-state index in [4.69, 9.17) is 4.74 Å². The van der Waals surface area contributed by atoms with E-state index in [0.29, 0.717) is 0 Å². The smallest absolute Gasteiger partial charge is 0.0603 e. The molecule has 0 spiro atoms. The van der Waals surface area contributed by atoms with Crippen molar-refractivity contribution in [2.45, 2.75) is 50.7 Å². The van der Waals surface area contributed by atoms with Gasteiger partial charge in [0.05, 0.1) is 13.2 Å². The molecule has 0 aromatic carbocycles. The summed E-state index contributed by atoms with van der Waals surface area (Å²) in [6, 6.07) is 0. The number of morpholine rings is 1. The van der Waals surface area contributed by atoms with Crippen LogP contribution in [0.1, 0.15) is 45.4 Å². The molecule has 94 valence electrons. The normalized spacial score (nSPS) is 32.8. The molecule has 16 heavy (non-hydrogen) atoms. The van der Waals surface area contributed by atoms with Gasteiger partial charge in [0.1, 0.15) is 0 Å². The fraction of sp³-hybridized carbons (Fsp3) is 1.00. The molecule has 2 rings (SSSR count). The van der Waals surface area contributed by atoms with Gasteiger partial charge in [-0.3, -0.25) is 0 Å². The zero-order chi connectivity index (χ0) is 11.2. The van der Waals surface area contributed by atoms with Crippen molar-refractivity contribution in [1.29, 1.82) is 0 Å². The largest absolute Gasteiger partial charge is 0.379 e. The third-order valence-electron chi connectivity index (χ3n) is 3.76. The van der Waals surface area contributed by atoms with E-state index < -0.39 is 0 Å². The highest BCUT2D eigenvalue weighted by Gasteiger charge is 2.23. The van der Waals surface area contributed by atoms with E-state index in [-0.39, 0.29) is 0 Å². The van der Waals surface area contributed by atoms with Crippen molar-refractivity contribution < 1.29 is 4.74 Å². The summed E-state index contributed by atoms with van der Waals surface area (Å²) in [5, 5.41) is 0.895. The van der Waals surface area contributed by atoms with Crippen LogP contribution < -0.4 is 0 Å². The average Bonchev–Trinajstić information content (AvgIpc) is 2.33. The molecular weight excluding hydrogens is 218 g/mol. The summed E-state index contributed by atoms with van der Waals surface area (Å²) in [5.41, 5.74) is 0. The highest BCUT2D eigenvalue weighted by molar-refractivity contribution is 7.97. The van der Waals surface area contributed by atoms with Crippen molar-refractivity contribution >= 4 is 11.9 Å². The van der Waals surface area contributed by atoms with Gasteiger partial charge in [-0.2, -0.15) is 0 Å². The van der Waals surface area contributed by atoms with Crippen LogP contribution in [0.4, 0.5) is 0 Å². The molecule has 2 nitrogen and oxygen atoms in total. The molecule has 1 saturated heterocycles. The van der Waals surface area contributed by atoms with Crippen molar-refractivity contribution in [1.82, 2.24) is 4.31 Å². The zero-order valence-electron chi connectivity index (χ0n) is 10.5. The molecule has 1 heterocycles. The van der Waals surface area contributed by atoms with Gasteiger partial charge in [0.25, 0.3) is 0 Å². The minimum atomic E-state index is 0.895. The lowest BCUT2D eigenvalue weighted by atomic mass is 9.86. The lowest BCUT2D eigenvalue weighted by molar-refractivity contribution is 0.0769. The van der Waals surface area contributed by atoms with Gasteiger partial charge in [-0.25, -0.2) is 4.31 Å². The van der Waals surface area contributed by atoms with Gasteiger partial charge >= 0.3 is 0 Å². The van der Waals surface area contributed by atoms with Gasteiger partial charge in [0.2, 0.25) is 0 Å². The molecule has 1 aliphatic heterocycles. The summed E-state index contributed by atoms with van der Waals surface area (Å²) < 4.78 is 7.91. The first-order valence-electron chi connectivity index (χ1n) is 6.88. The molecule has 1 aliphatic carbocycles. The molecule has 3 heteroatoms. The molecule has 2 aliphatic rings. The monoisotopic (exact) mass is 243 g/mol. The Labute approximate surface area is 104 Å². The van der Waals surface area contributed by atoms with Crippen LogP contribution in [0.2, 0.25) is 0 Å². The van der Waals surface area contributed by atoms with E-state index in [1.807, 2.05) is 0 Å². The lowest BCUT2D eigenvalue weighted by Crippen LogP contribution is -2.33. The average molecular weight is 243 g/mol. The van der Waals surface area contributed by atoms with E-state index >= 15 is 0 Å². The van der Waals surface area contributed by atoms with Crippen LogP contribution in [0.15, 0.2) is 0 Å². The quantitative estimate of drug-likeness (QED) is 0.703. The molecule has 0 amide bonds. The van der Waals surface area contributed by atoms with Crippen molar-refractivity contribution in [3.63, 3.8) is 0 Å². The number of hydrogen-bond acceptors (Lipinski definition) is 3. The fourth-order valence-electron chi connectivity index (χ4n) is 2.80. The predicted octanol–water partition coefficient (Wildman–Crippen LogP) is 3.33. The van der Waals surface area contributed by atoms with Gasteiger partial charge in [0, 0.05) is 18.3 Å². The van der Waals surface area contributed by atoms with Crippen LogP contribution >= 0.6 is 11.9 Å². The van der Waals surface area contributed by atoms with Crippen molar-refractivity contribution in [3.8, 4) is 0 Å². The molecule has 0 bridgehead atoms. The Morgan fingerprint density at radius 1 is 1.12 bits per heavy atom. The SMILES string of the molecule is CCCC1CCC(SN2CCOCC2)CC1. The first kappa shape index (κ1) is 12.7. The Balaban J connectivity index is 1.64. The minimum absolute atomic E-state index is 0.895. The number of rotatable bonds is 4. The molecule has 1 saturated carbocycles. The zero-order valence-corrected chi connectivity index (χ0v) is 11.3. The topological polar surface area (TPSA) is 12.5 Å². The molecule has 0 aromatic heterocycles. The van der Waals surface area contributed by atoms with Crippen LogP contribution in [0, 0.1) is 5.92 Å². The number of nitrogens with zero attached hydrogens (tertiary/aromatic N) is 1. The van der Waals surface area contributed by atoms with Gasteiger partial charge in [-0.05, 0) is 31.6 Å². The third-order valence-corrected chi connectivity index (χ3v) is 5.19. The highest BCUT2D eigenvalue weighted by atomic mass is 32.2. The fourth-order valence-corrected chi connectivity index (χ4v) is 4.06. The van der Waals surface area contributed by atoms with E-state index in [1.165, 1.54) is 38.5 Å². The maximum absolute atomic E-state index is 5.38. The summed E-state index contributed by atoms with van der Waals surface area (Å²) in [7, 11) is 0. The lowest BCUT2D eigenvalue weighted by Gasteiger charge is -2.33. The highest BCUT2D eigenvalue weighted by Crippen LogP contribution is 2.35. The maximum Gasteiger partial charge on any atom is 0.0603 e. The van der Waals surface area contributed by atoms with Crippen LogP contribution in [0.3, 0.4) is 0 Å². The van der Waals surface area contributed by atoms with Gasteiger partial charge in [-0.1, -0.05) is 31.7 Å². The molecule has 0 aromatic rings. The molecule has 0 radical (unpaired) electrons. The Bertz CT molecular complexity index is 186. The minimum Gasteiger partial charge on any atom is -0.379 e. The summed E-state index contributed by atoms with van der Waals surface area (Å²) in [6.07, 6.45) is 8.63. The van der Waals surface area contributed by atoms with E-state index in [1.54, 1.807) is 0 Å². The molecule has 2 fully saturated rings. The second kappa shape index (κ2) is 6.87. The second-order valence-electron chi connectivity index (χ2n) is 5.08. The van der Waals surface area contributed by atoms with E-state index in [2.05, 4.69) is 23.2 Å². The summed E-state index contributed by atoms with van der Waals surface area (Å²) in [4.78, 5) is 0. The van der Waals surface area contributed by atoms with E-state index in [0.717, 1.165) is 37.5 Å². The standard InChI is InChI=1S/C13H25NOS/c1-2-3-12-4-6-13(7-5-12)16-14-8-10-15-11-9-14/h12-13H,2-11H2,1H3. The summed E-state index contributed by atoms with van der Waals surface area (Å²) in [5.74, 6) is 1.03. The Hall–Kier alpha value is 0.270. The molecular formula is C13H25NOS. The first-order chi connectivity index (χ1) is 7.88. The van der Waals surface area contributed by atoms with Crippen molar-refractivity contribution in [2.24, 2.45) is 5.92 Å². The van der Waals surface area contributed by atoms with Crippen molar-refractivity contribution in [3.05, 3.63) is 0 Å². The van der Waals surface area contributed by atoms with Crippen LogP contribution in [0.25, 0.3) is 0 Å². The Morgan fingerprint density at radius 2 is 1.81 bits per heavy atom. The van der Waals surface area contributed by atoms with Gasteiger partial charge < -0.3 is 4.74 Å². The molecule has 0 unspecified atom stereocenters. The third kappa shape index (κ3) is 3.94. The Morgan fingerprint density at radius 3 is 2.44 bits per heavy atom. The van der Waals surface area contributed by atoms with Gasteiger partial charge in [0.15, 0.2) is 0 Å². The number of ether oxygens (including phenoxy) is 1. The first-order valence-corrected chi connectivity index (χ1v) is 7.71. The van der Waals surface area contributed by atoms with Crippen LogP contribution in [-0.2, 0) is 4.74 Å². The predicted molar refractivity (Wildman–Crippen MR) is 70.6 cm³/mol. The van der Waals surface area contributed by atoms with Gasteiger partial charge in [-0.15, -0.1) is 0 Å². The Kier molecular flexibility index (Phi) is 5.46. The van der Waals surface area contributed by atoms with E-state index in [9.17, 15) is 0 Å². The van der Waals surface area contributed by atoms with Crippen LogP contribution in [-0.4, -0.2) is 35.9 Å².